The molecule has 1 aliphatic heterocycles. The summed E-state index contributed by atoms with van der Waals surface area (Å²) in [5.74, 6) is 0.963. The Morgan fingerprint density at radius 2 is 1.83 bits per heavy atom. The van der Waals surface area contributed by atoms with Crippen LogP contribution in [0.3, 0.4) is 0 Å². The summed E-state index contributed by atoms with van der Waals surface area (Å²) in [6.45, 7) is 2.42. The third-order valence-corrected chi connectivity index (χ3v) is 5.14. The Bertz CT molecular complexity index is 996. The van der Waals surface area contributed by atoms with E-state index >= 15 is 0 Å². The van der Waals surface area contributed by atoms with Crippen LogP contribution >= 0.6 is 0 Å². The number of rotatable bonds is 2. The van der Waals surface area contributed by atoms with Gasteiger partial charge >= 0.3 is 0 Å². The van der Waals surface area contributed by atoms with Crippen LogP contribution in [0.5, 0.6) is 23.1 Å². The number of ether oxygens (including phenoxy) is 2. The normalized spacial score (nSPS) is 15.4. The number of para-hydroxylation sites is 3. The molecular formula is C24H25FN2O3. The SMILES string of the molecule is Oc1c(F)cccc1CN1CCCCCOc2ccccc2Oc2ncccc2C1. The maximum absolute atomic E-state index is 13.8. The van der Waals surface area contributed by atoms with E-state index in [0.717, 1.165) is 31.4 Å². The fraction of sp³-hybridized carbons (Fsp3) is 0.292. The molecule has 5 nitrogen and oxygen atoms in total. The van der Waals surface area contributed by atoms with Crippen molar-refractivity contribution < 1.29 is 19.0 Å². The van der Waals surface area contributed by atoms with Crippen molar-refractivity contribution in [2.24, 2.45) is 0 Å². The van der Waals surface area contributed by atoms with Crippen LogP contribution in [0.1, 0.15) is 30.4 Å². The summed E-state index contributed by atoms with van der Waals surface area (Å²) in [6.07, 6.45) is 4.60. The van der Waals surface area contributed by atoms with E-state index in [1.165, 1.54) is 6.07 Å². The molecule has 0 amide bonds. The second-order valence-corrected chi connectivity index (χ2v) is 7.38. The van der Waals surface area contributed by atoms with Crippen molar-refractivity contribution in [2.45, 2.75) is 32.4 Å². The molecule has 30 heavy (non-hydrogen) atoms. The molecule has 0 aliphatic carbocycles. The molecule has 2 aromatic carbocycles. The predicted molar refractivity (Wildman–Crippen MR) is 112 cm³/mol. The highest BCUT2D eigenvalue weighted by molar-refractivity contribution is 5.43. The predicted octanol–water partition coefficient (Wildman–Crippen LogP) is 5.28. The highest BCUT2D eigenvalue weighted by atomic mass is 19.1. The fourth-order valence-electron chi connectivity index (χ4n) is 3.57. The van der Waals surface area contributed by atoms with Crippen molar-refractivity contribution in [1.82, 2.24) is 9.88 Å². The van der Waals surface area contributed by atoms with Gasteiger partial charge in [-0.05, 0) is 50.1 Å². The number of fused-ring (bicyclic) bond motifs is 2. The van der Waals surface area contributed by atoms with E-state index in [9.17, 15) is 9.50 Å². The Kier molecular flexibility index (Phi) is 6.44. The zero-order valence-corrected chi connectivity index (χ0v) is 16.8. The first-order chi connectivity index (χ1) is 14.7. The van der Waals surface area contributed by atoms with E-state index in [1.807, 2.05) is 36.4 Å². The maximum atomic E-state index is 13.8. The van der Waals surface area contributed by atoms with Crippen LogP contribution < -0.4 is 9.47 Å². The van der Waals surface area contributed by atoms with Crippen molar-refractivity contribution in [1.29, 1.82) is 0 Å². The van der Waals surface area contributed by atoms with Crippen LogP contribution in [0, 0.1) is 5.82 Å². The molecule has 2 heterocycles. The quantitative estimate of drug-likeness (QED) is 0.625. The molecule has 4 rings (SSSR count). The van der Waals surface area contributed by atoms with Gasteiger partial charge in [-0.3, -0.25) is 4.90 Å². The smallest absolute Gasteiger partial charge is 0.223 e. The fourth-order valence-corrected chi connectivity index (χ4v) is 3.57. The molecule has 0 fully saturated rings. The lowest BCUT2D eigenvalue weighted by Gasteiger charge is -2.23. The van der Waals surface area contributed by atoms with Crippen LogP contribution in [-0.4, -0.2) is 28.1 Å². The van der Waals surface area contributed by atoms with E-state index in [4.69, 9.17) is 9.47 Å². The van der Waals surface area contributed by atoms with E-state index in [2.05, 4.69) is 9.88 Å². The number of pyridine rings is 1. The van der Waals surface area contributed by atoms with E-state index in [-0.39, 0.29) is 5.75 Å². The number of phenolic OH excluding ortho intramolecular Hbond substituents is 1. The van der Waals surface area contributed by atoms with Crippen molar-refractivity contribution in [2.75, 3.05) is 13.2 Å². The number of halogens is 1. The minimum absolute atomic E-state index is 0.287. The molecule has 0 radical (unpaired) electrons. The van der Waals surface area contributed by atoms with Crippen molar-refractivity contribution >= 4 is 0 Å². The second kappa shape index (κ2) is 9.59. The highest BCUT2D eigenvalue weighted by Gasteiger charge is 2.17. The zero-order chi connectivity index (χ0) is 20.8. The summed E-state index contributed by atoms with van der Waals surface area (Å²) in [5.41, 5.74) is 1.49. The Balaban J connectivity index is 1.63. The molecule has 156 valence electrons. The second-order valence-electron chi connectivity index (χ2n) is 7.38. The van der Waals surface area contributed by atoms with E-state index in [1.54, 1.807) is 18.3 Å². The summed E-state index contributed by atoms with van der Waals surface area (Å²) in [7, 11) is 0. The van der Waals surface area contributed by atoms with Crippen LogP contribution in [-0.2, 0) is 13.1 Å². The number of aromatic nitrogens is 1. The minimum atomic E-state index is -0.600. The van der Waals surface area contributed by atoms with Crippen molar-refractivity contribution in [3.05, 3.63) is 77.7 Å². The van der Waals surface area contributed by atoms with Gasteiger partial charge in [-0.1, -0.05) is 30.3 Å². The number of benzene rings is 2. The Labute approximate surface area is 175 Å². The van der Waals surface area contributed by atoms with Gasteiger partial charge in [-0.15, -0.1) is 0 Å². The Morgan fingerprint density at radius 1 is 0.967 bits per heavy atom. The molecule has 0 spiro atoms. The summed E-state index contributed by atoms with van der Waals surface area (Å²) in [4.78, 5) is 6.61. The molecule has 0 bridgehead atoms. The lowest BCUT2D eigenvalue weighted by Crippen LogP contribution is -2.24. The monoisotopic (exact) mass is 408 g/mol. The first-order valence-corrected chi connectivity index (χ1v) is 10.2. The standard InChI is InChI=1S/C24H25FN2O3/c25-20-10-6-8-18(23(20)28)16-27-14-4-1-5-15-29-21-11-2-3-12-22(21)30-24-19(17-27)9-7-13-26-24/h2-3,6-13,28H,1,4-5,14-17H2. The topological polar surface area (TPSA) is 54.8 Å². The van der Waals surface area contributed by atoms with Crippen molar-refractivity contribution in [3.8, 4) is 23.1 Å². The number of aromatic hydroxyl groups is 1. The number of nitrogens with zero attached hydrogens (tertiary/aromatic N) is 2. The van der Waals surface area contributed by atoms with Gasteiger partial charge in [0.05, 0.1) is 6.61 Å². The molecule has 0 atom stereocenters. The average Bonchev–Trinajstić information content (AvgIpc) is 2.77. The number of hydrogen-bond acceptors (Lipinski definition) is 5. The Hall–Kier alpha value is -3.12. The van der Waals surface area contributed by atoms with Gasteiger partial charge < -0.3 is 14.6 Å². The largest absolute Gasteiger partial charge is 0.505 e. The molecule has 3 aromatic rings. The zero-order valence-electron chi connectivity index (χ0n) is 16.8. The van der Waals surface area contributed by atoms with E-state index in [0.29, 0.717) is 42.6 Å². The van der Waals surface area contributed by atoms with E-state index < -0.39 is 5.82 Å². The lowest BCUT2D eigenvalue weighted by molar-refractivity contribution is 0.240. The van der Waals surface area contributed by atoms with Gasteiger partial charge in [0.25, 0.3) is 0 Å². The molecule has 1 N–H and O–H groups in total. The minimum Gasteiger partial charge on any atom is -0.505 e. The lowest BCUT2D eigenvalue weighted by atomic mass is 10.1. The molecule has 1 aromatic heterocycles. The first-order valence-electron chi connectivity index (χ1n) is 10.2. The van der Waals surface area contributed by atoms with Gasteiger partial charge in [0.1, 0.15) is 0 Å². The summed E-state index contributed by atoms with van der Waals surface area (Å²) >= 11 is 0. The van der Waals surface area contributed by atoms with Crippen LogP contribution in [0.15, 0.2) is 60.8 Å². The molecule has 6 heteroatoms. The summed E-state index contributed by atoms with van der Waals surface area (Å²) < 4.78 is 25.9. The first kappa shape index (κ1) is 20.2. The van der Waals surface area contributed by atoms with Gasteiger partial charge in [0, 0.05) is 30.4 Å². The summed E-state index contributed by atoms with van der Waals surface area (Å²) in [5, 5.41) is 10.1. The average molecular weight is 408 g/mol. The summed E-state index contributed by atoms with van der Waals surface area (Å²) in [6, 6.07) is 16.1. The molecule has 0 saturated heterocycles. The van der Waals surface area contributed by atoms with Crippen LogP contribution in [0.4, 0.5) is 4.39 Å². The van der Waals surface area contributed by atoms with Crippen LogP contribution in [0.2, 0.25) is 0 Å². The maximum Gasteiger partial charge on any atom is 0.223 e. The van der Waals surface area contributed by atoms with Gasteiger partial charge in [-0.2, -0.15) is 0 Å². The van der Waals surface area contributed by atoms with Crippen LogP contribution in [0.25, 0.3) is 0 Å². The number of phenols is 1. The Morgan fingerprint density at radius 3 is 2.73 bits per heavy atom. The molecule has 0 saturated carbocycles. The molecule has 1 aliphatic rings. The highest BCUT2D eigenvalue weighted by Crippen LogP contribution is 2.33. The van der Waals surface area contributed by atoms with Gasteiger partial charge in [0.15, 0.2) is 23.1 Å². The van der Waals surface area contributed by atoms with Gasteiger partial charge in [-0.25, -0.2) is 9.37 Å². The van der Waals surface area contributed by atoms with Gasteiger partial charge in [0.2, 0.25) is 5.88 Å². The molecular weight excluding hydrogens is 383 g/mol. The third kappa shape index (κ3) is 4.89. The molecule has 0 unspecified atom stereocenters. The van der Waals surface area contributed by atoms with Crippen molar-refractivity contribution in [3.63, 3.8) is 0 Å². The third-order valence-electron chi connectivity index (χ3n) is 5.14. The number of hydrogen-bond donors (Lipinski definition) is 1.